The minimum Gasteiger partial charge on any atom is -0.398 e. The molecule has 0 saturated heterocycles. The first-order valence-corrected chi connectivity index (χ1v) is 8.14. The lowest BCUT2D eigenvalue weighted by molar-refractivity contribution is 0.596. The van der Waals surface area contributed by atoms with Crippen molar-refractivity contribution in [3.05, 3.63) is 53.3 Å². The molecule has 2 aromatic carbocycles. The van der Waals surface area contributed by atoms with Crippen molar-refractivity contribution in [2.24, 2.45) is 0 Å². The maximum absolute atomic E-state index is 13.2. The molecule has 3 rings (SSSR count). The Morgan fingerprint density at radius 2 is 1.81 bits per heavy atom. The molecule has 0 fully saturated rings. The number of sulfonamides is 1. The van der Waals surface area contributed by atoms with Crippen molar-refractivity contribution in [3.8, 4) is 0 Å². The molecule has 1 aliphatic rings. The number of rotatable bonds is 3. The van der Waals surface area contributed by atoms with E-state index in [0.717, 1.165) is 37.0 Å². The van der Waals surface area contributed by atoms with Crippen LogP contribution in [0, 0.1) is 5.82 Å². The lowest BCUT2D eigenvalue weighted by Gasteiger charge is -2.11. The van der Waals surface area contributed by atoms with E-state index in [1.54, 1.807) is 6.07 Å². The molecule has 4 nitrogen and oxygen atoms in total. The van der Waals surface area contributed by atoms with Gasteiger partial charge < -0.3 is 5.73 Å². The molecule has 0 atom stereocenters. The molecule has 0 saturated carbocycles. The van der Waals surface area contributed by atoms with Gasteiger partial charge in [0.1, 0.15) is 10.7 Å². The monoisotopic (exact) mass is 306 g/mol. The van der Waals surface area contributed by atoms with Crippen LogP contribution in [-0.4, -0.2) is 8.42 Å². The number of aryl methyl sites for hydroxylation is 2. The normalized spacial score (nSPS) is 14.0. The molecule has 21 heavy (non-hydrogen) atoms. The molecular weight excluding hydrogens is 291 g/mol. The summed E-state index contributed by atoms with van der Waals surface area (Å²) in [7, 11) is -3.90. The second kappa shape index (κ2) is 5.04. The van der Waals surface area contributed by atoms with Crippen molar-refractivity contribution < 1.29 is 12.8 Å². The third-order valence-corrected chi connectivity index (χ3v) is 5.05. The van der Waals surface area contributed by atoms with Gasteiger partial charge in [-0.2, -0.15) is 0 Å². The van der Waals surface area contributed by atoms with E-state index in [4.69, 9.17) is 5.73 Å². The van der Waals surface area contributed by atoms with Crippen molar-refractivity contribution >= 4 is 21.4 Å². The Balaban J connectivity index is 1.94. The van der Waals surface area contributed by atoms with Crippen LogP contribution in [0.5, 0.6) is 0 Å². The molecule has 0 amide bonds. The summed E-state index contributed by atoms with van der Waals surface area (Å²) in [5.41, 5.74) is 8.53. The highest BCUT2D eigenvalue weighted by atomic mass is 32.2. The quantitative estimate of drug-likeness (QED) is 0.856. The number of hydrogen-bond donors (Lipinski definition) is 2. The van der Waals surface area contributed by atoms with Crippen LogP contribution < -0.4 is 10.5 Å². The molecule has 3 N–H and O–H groups in total. The second-order valence-corrected chi connectivity index (χ2v) is 6.78. The zero-order valence-corrected chi connectivity index (χ0v) is 12.1. The highest BCUT2D eigenvalue weighted by Crippen LogP contribution is 2.27. The highest BCUT2D eigenvalue weighted by Gasteiger charge is 2.19. The van der Waals surface area contributed by atoms with Crippen molar-refractivity contribution in [2.75, 3.05) is 10.5 Å². The topological polar surface area (TPSA) is 72.2 Å². The fourth-order valence-corrected chi connectivity index (χ4v) is 3.78. The summed E-state index contributed by atoms with van der Waals surface area (Å²) < 4.78 is 40.3. The number of nitrogens with two attached hydrogens (primary N) is 1. The van der Waals surface area contributed by atoms with E-state index in [9.17, 15) is 12.8 Å². The predicted molar refractivity (Wildman–Crippen MR) is 80.1 cm³/mol. The minimum absolute atomic E-state index is 0.0186. The first kappa shape index (κ1) is 13.9. The molecule has 0 unspecified atom stereocenters. The Bertz CT molecular complexity index is 803. The van der Waals surface area contributed by atoms with Gasteiger partial charge in [0.15, 0.2) is 0 Å². The third-order valence-electron chi connectivity index (χ3n) is 3.62. The Hall–Kier alpha value is -2.08. The van der Waals surface area contributed by atoms with Gasteiger partial charge in [0, 0.05) is 5.69 Å². The molecule has 0 aromatic heterocycles. The van der Waals surface area contributed by atoms with Gasteiger partial charge in [0.25, 0.3) is 10.0 Å². The van der Waals surface area contributed by atoms with Crippen LogP contribution in [0.2, 0.25) is 0 Å². The molecule has 0 aliphatic heterocycles. The van der Waals surface area contributed by atoms with Gasteiger partial charge in [-0.05, 0) is 60.7 Å². The molecule has 1 aliphatic carbocycles. The van der Waals surface area contributed by atoms with Gasteiger partial charge >= 0.3 is 0 Å². The van der Waals surface area contributed by atoms with E-state index >= 15 is 0 Å². The summed E-state index contributed by atoms with van der Waals surface area (Å²) >= 11 is 0. The largest absolute Gasteiger partial charge is 0.398 e. The number of hydrogen-bond acceptors (Lipinski definition) is 3. The van der Waals surface area contributed by atoms with Crippen molar-refractivity contribution in [2.45, 2.75) is 24.2 Å². The lowest BCUT2D eigenvalue weighted by Crippen LogP contribution is -2.15. The van der Waals surface area contributed by atoms with Crippen LogP contribution in [0.15, 0.2) is 41.3 Å². The summed E-state index contributed by atoms with van der Waals surface area (Å²) in [6.07, 6.45) is 3.06. The third kappa shape index (κ3) is 2.71. The van der Waals surface area contributed by atoms with E-state index < -0.39 is 15.8 Å². The van der Waals surface area contributed by atoms with Crippen LogP contribution in [0.25, 0.3) is 0 Å². The summed E-state index contributed by atoms with van der Waals surface area (Å²) in [6, 6.07) is 8.77. The van der Waals surface area contributed by atoms with Crippen LogP contribution in [0.1, 0.15) is 17.5 Å². The molecule has 2 aromatic rings. The van der Waals surface area contributed by atoms with Gasteiger partial charge in [-0.1, -0.05) is 6.07 Å². The Morgan fingerprint density at radius 1 is 1.05 bits per heavy atom. The van der Waals surface area contributed by atoms with E-state index in [0.29, 0.717) is 5.69 Å². The molecule has 0 spiro atoms. The Morgan fingerprint density at radius 3 is 2.62 bits per heavy atom. The molecule has 0 radical (unpaired) electrons. The van der Waals surface area contributed by atoms with Gasteiger partial charge in [0.05, 0.1) is 5.69 Å². The number of nitrogens with one attached hydrogen (secondary N) is 1. The average molecular weight is 306 g/mol. The van der Waals surface area contributed by atoms with Gasteiger partial charge in [-0.15, -0.1) is 0 Å². The van der Waals surface area contributed by atoms with Crippen molar-refractivity contribution in [1.29, 1.82) is 0 Å². The number of benzene rings is 2. The number of halogens is 1. The summed E-state index contributed by atoms with van der Waals surface area (Å²) in [5, 5.41) is 0. The first-order chi connectivity index (χ1) is 9.95. The van der Waals surface area contributed by atoms with E-state index in [1.807, 2.05) is 12.1 Å². The van der Waals surface area contributed by atoms with E-state index in [1.165, 1.54) is 11.6 Å². The fourth-order valence-electron chi connectivity index (χ4n) is 2.59. The number of nitrogen functional groups attached to an aromatic ring is 1. The van der Waals surface area contributed by atoms with Gasteiger partial charge in [-0.3, -0.25) is 4.72 Å². The molecular formula is C15H15FN2O2S. The summed E-state index contributed by atoms with van der Waals surface area (Å²) in [6.45, 7) is 0. The van der Waals surface area contributed by atoms with E-state index in [-0.39, 0.29) is 10.6 Å². The average Bonchev–Trinajstić information content (AvgIpc) is 2.88. The maximum Gasteiger partial charge on any atom is 0.264 e. The van der Waals surface area contributed by atoms with Crippen molar-refractivity contribution in [3.63, 3.8) is 0 Å². The van der Waals surface area contributed by atoms with Crippen LogP contribution in [0.3, 0.4) is 0 Å². The summed E-state index contributed by atoms with van der Waals surface area (Å²) in [4.78, 5) is -0.247. The second-order valence-electron chi connectivity index (χ2n) is 5.12. The highest BCUT2D eigenvalue weighted by molar-refractivity contribution is 7.92. The van der Waals surface area contributed by atoms with Crippen LogP contribution in [-0.2, 0) is 22.9 Å². The minimum atomic E-state index is -3.90. The zero-order valence-electron chi connectivity index (χ0n) is 11.3. The smallest absolute Gasteiger partial charge is 0.264 e. The number of fused-ring (bicyclic) bond motifs is 1. The van der Waals surface area contributed by atoms with Crippen LogP contribution >= 0.6 is 0 Å². The van der Waals surface area contributed by atoms with Gasteiger partial charge in [0.2, 0.25) is 0 Å². The SMILES string of the molecule is Nc1ccc(F)cc1S(=O)(=O)Nc1ccc2c(c1)CCC2. The summed E-state index contributed by atoms with van der Waals surface area (Å²) in [5.74, 6) is -0.640. The standard InChI is InChI=1S/C15H15FN2O2S/c16-12-5-7-14(17)15(9-12)21(19,20)18-13-6-4-10-2-1-3-11(10)8-13/h4-9,18H,1-3,17H2. The molecule has 110 valence electrons. The predicted octanol–water partition coefficient (Wildman–Crippen LogP) is 2.70. The molecule has 0 bridgehead atoms. The lowest BCUT2D eigenvalue weighted by atomic mass is 10.1. The van der Waals surface area contributed by atoms with Crippen molar-refractivity contribution in [1.82, 2.24) is 0 Å². The number of anilines is 2. The Labute approximate surface area is 122 Å². The molecule has 6 heteroatoms. The van der Waals surface area contributed by atoms with E-state index in [2.05, 4.69) is 4.72 Å². The maximum atomic E-state index is 13.2. The van der Waals surface area contributed by atoms with Crippen LogP contribution in [0.4, 0.5) is 15.8 Å². The fraction of sp³-hybridized carbons (Fsp3) is 0.200. The molecule has 0 heterocycles. The Kier molecular flexibility index (Phi) is 3.33. The zero-order chi connectivity index (χ0) is 15.0. The first-order valence-electron chi connectivity index (χ1n) is 6.65. The van der Waals surface area contributed by atoms with Gasteiger partial charge in [-0.25, -0.2) is 12.8 Å².